The van der Waals surface area contributed by atoms with Crippen LogP contribution in [-0.4, -0.2) is 22.5 Å². The van der Waals surface area contributed by atoms with Crippen LogP contribution in [0.2, 0.25) is 0 Å². The van der Waals surface area contributed by atoms with Crippen LogP contribution in [0.25, 0.3) is 0 Å². The van der Waals surface area contributed by atoms with Crippen molar-refractivity contribution in [2.75, 3.05) is 6.54 Å². The Morgan fingerprint density at radius 1 is 1.28 bits per heavy atom. The van der Waals surface area contributed by atoms with Crippen molar-refractivity contribution in [3.63, 3.8) is 0 Å². The minimum absolute atomic E-state index is 0.0104. The van der Waals surface area contributed by atoms with Crippen LogP contribution in [0.1, 0.15) is 60.7 Å². The second-order valence-corrected chi connectivity index (χ2v) is 7.04. The summed E-state index contributed by atoms with van der Waals surface area (Å²) in [5, 5.41) is 3.08. The quantitative estimate of drug-likeness (QED) is 0.920. The summed E-state index contributed by atoms with van der Waals surface area (Å²) in [4.78, 5) is 19.3. The van der Waals surface area contributed by atoms with E-state index in [1.54, 1.807) is 6.26 Å². The van der Waals surface area contributed by atoms with Crippen LogP contribution in [0.3, 0.4) is 0 Å². The number of nitrogens with zero attached hydrogens (tertiary/aromatic N) is 2. The molecule has 1 saturated heterocycles. The number of carbonyl (C=O) groups is 1. The van der Waals surface area contributed by atoms with E-state index >= 15 is 0 Å². The topological polar surface area (TPSA) is 58.4 Å². The molecule has 0 saturated carbocycles. The number of nitrogens with one attached hydrogen (secondary N) is 1. The van der Waals surface area contributed by atoms with Gasteiger partial charge in [0.15, 0.2) is 0 Å². The van der Waals surface area contributed by atoms with Gasteiger partial charge < -0.3 is 14.6 Å². The Hall–Kier alpha value is -2.30. The summed E-state index contributed by atoms with van der Waals surface area (Å²) < 4.78 is 5.59. The number of fused-ring (bicyclic) bond motifs is 1. The Kier molecular flexibility index (Phi) is 4.72. The highest BCUT2D eigenvalue weighted by molar-refractivity contribution is 5.74. The third kappa shape index (κ3) is 3.55. The molecule has 0 aromatic carbocycles. The van der Waals surface area contributed by atoms with Gasteiger partial charge in [-0.15, -0.1) is 0 Å². The van der Waals surface area contributed by atoms with E-state index in [9.17, 15) is 4.79 Å². The summed E-state index contributed by atoms with van der Waals surface area (Å²) in [6.07, 6.45) is 11.3. The number of urea groups is 1. The van der Waals surface area contributed by atoms with Gasteiger partial charge in [-0.2, -0.15) is 0 Å². The SMILES string of the molecule is O=C(NCc1cnc2c(c1)CCC2)N1CCCCCC1c1ccco1. The van der Waals surface area contributed by atoms with Gasteiger partial charge in [0.25, 0.3) is 0 Å². The van der Waals surface area contributed by atoms with Crippen LogP contribution in [0.15, 0.2) is 35.1 Å². The van der Waals surface area contributed by atoms with E-state index in [4.69, 9.17) is 4.42 Å². The predicted octanol–water partition coefficient (Wildman–Crippen LogP) is 3.99. The predicted molar refractivity (Wildman–Crippen MR) is 95.1 cm³/mol. The molecule has 0 radical (unpaired) electrons. The maximum atomic E-state index is 12.8. The number of aromatic nitrogens is 1. The molecule has 5 nitrogen and oxygen atoms in total. The first-order valence-corrected chi connectivity index (χ1v) is 9.36. The van der Waals surface area contributed by atoms with Gasteiger partial charge in [0.05, 0.1) is 12.3 Å². The summed E-state index contributed by atoms with van der Waals surface area (Å²) >= 11 is 0. The molecule has 0 spiro atoms. The monoisotopic (exact) mass is 339 g/mol. The van der Waals surface area contributed by atoms with Crippen LogP contribution in [-0.2, 0) is 19.4 Å². The van der Waals surface area contributed by atoms with Crippen molar-refractivity contribution >= 4 is 6.03 Å². The Morgan fingerprint density at radius 3 is 3.12 bits per heavy atom. The zero-order valence-electron chi connectivity index (χ0n) is 14.5. The molecule has 3 heterocycles. The summed E-state index contributed by atoms with van der Waals surface area (Å²) in [6, 6.07) is 6.09. The number of hydrogen-bond donors (Lipinski definition) is 1. The minimum Gasteiger partial charge on any atom is -0.467 e. The molecule has 5 heteroatoms. The molecule has 1 unspecified atom stereocenters. The third-order valence-corrected chi connectivity index (χ3v) is 5.31. The molecule has 1 atom stereocenters. The lowest BCUT2D eigenvalue weighted by Gasteiger charge is -2.28. The number of likely N-dealkylation sites (tertiary alicyclic amines) is 1. The highest BCUT2D eigenvalue weighted by Crippen LogP contribution is 2.30. The Labute approximate surface area is 148 Å². The zero-order valence-corrected chi connectivity index (χ0v) is 14.5. The van der Waals surface area contributed by atoms with Crippen LogP contribution in [0.4, 0.5) is 4.79 Å². The first-order valence-electron chi connectivity index (χ1n) is 9.36. The Morgan fingerprint density at radius 2 is 2.24 bits per heavy atom. The lowest BCUT2D eigenvalue weighted by Crippen LogP contribution is -2.41. The van der Waals surface area contributed by atoms with Crippen molar-refractivity contribution in [3.8, 4) is 0 Å². The third-order valence-electron chi connectivity index (χ3n) is 5.31. The molecule has 1 aliphatic heterocycles. The van der Waals surface area contributed by atoms with Gasteiger partial charge in [0.2, 0.25) is 0 Å². The highest BCUT2D eigenvalue weighted by Gasteiger charge is 2.28. The van der Waals surface area contributed by atoms with E-state index in [1.807, 2.05) is 23.2 Å². The van der Waals surface area contributed by atoms with E-state index in [0.717, 1.165) is 56.4 Å². The van der Waals surface area contributed by atoms with Gasteiger partial charge in [-0.25, -0.2) is 4.79 Å². The first kappa shape index (κ1) is 16.2. The van der Waals surface area contributed by atoms with Crippen molar-refractivity contribution < 1.29 is 9.21 Å². The fourth-order valence-corrected chi connectivity index (χ4v) is 3.98. The average Bonchev–Trinajstić information content (AvgIpc) is 3.26. The van der Waals surface area contributed by atoms with Crippen LogP contribution >= 0.6 is 0 Å². The van der Waals surface area contributed by atoms with Gasteiger partial charge in [-0.05, 0) is 55.4 Å². The summed E-state index contributed by atoms with van der Waals surface area (Å²) in [5.41, 5.74) is 3.65. The van der Waals surface area contributed by atoms with Crippen LogP contribution < -0.4 is 5.32 Å². The molecule has 2 aliphatic rings. The average molecular weight is 339 g/mol. The lowest BCUT2D eigenvalue weighted by molar-refractivity contribution is 0.166. The molecule has 132 valence electrons. The van der Waals surface area contributed by atoms with Crippen LogP contribution in [0, 0.1) is 0 Å². The second-order valence-electron chi connectivity index (χ2n) is 7.04. The van der Waals surface area contributed by atoms with E-state index in [2.05, 4.69) is 16.4 Å². The fourth-order valence-electron chi connectivity index (χ4n) is 3.98. The largest absolute Gasteiger partial charge is 0.467 e. The number of carbonyl (C=O) groups excluding carboxylic acids is 1. The van der Waals surface area contributed by atoms with Gasteiger partial charge in [-0.3, -0.25) is 4.98 Å². The molecule has 2 aromatic heterocycles. The number of rotatable bonds is 3. The molecule has 0 bridgehead atoms. The van der Waals surface area contributed by atoms with Crippen molar-refractivity contribution in [3.05, 3.63) is 53.2 Å². The van der Waals surface area contributed by atoms with Crippen molar-refractivity contribution in [1.82, 2.24) is 15.2 Å². The number of hydrogen-bond acceptors (Lipinski definition) is 3. The first-order chi connectivity index (χ1) is 12.3. The number of aryl methyl sites for hydroxylation is 2. The summed E-state index contributed by atoms with van der Waals surface area (Å²) in [7, 11) is 0. The fraction of sp³-hybridized carbons (Fsp3) is 0.500. The molecule has 2 amide bonds. The molecule has 1 aliphatic carbocycles. The molecular formula is C20H25N3O2. The van der Waals surface area contributed by atoms with E-state index in [0.29, 0.717) is 6.54 Å². The smallest absolute Gasteiger partial charge is 0.318 e. The Bertz CT molecular complexity index is 727. The molecule has 2 aromatic rings. The van der Waals surface area contributed by atoms with Gasteiger partial charge >= 0.3 is 6.03 Å². The second kappa shape index (κ2) is 7.30. The van der Waals surface area contributed by atoms with E-state index < -0.39 is 0 Å². The molecule has 1 fully saturated rings. The normalized spacial score (nSPS) is 20.2. The maximum absolute atomic E-state index is 12.8. The number of amides is 2. The summed E-state index contributed by atoms with van der Waals surface area (Å²) in [5.74, 6) is 0.885. The number of furan rings is 1. The van der Waals surface area contributed by atoms with E-state index in [1.165, 1.54) is 17.7 Å². The van der Waals surface area contributed by atoms with Gasteiger partial charge in [-0.1, -0.05) is 18.9 Å². The Balaban J connectivity index is 1.43. The van der Waals surface area contributed by atoms with Gasteiger partial charge in [0.1, 0.15) is 5.76 Å². The van der Waals surface area contributed by atoms with Crippen LogP contribution in [0.5, 0.6) is 0 Å². The van der Waals surface area contributed by atoms with Crippen molar-refractivity contribution in [2.24, 2.45) is 0 Å². The molecule has 4 rings (SSSR count). The minimum atomic E-state index is -0.0104. The molecule has 1 N–H and O–H groups in total. The lowest BCUT2D eigenvalue weighted by atomic mass is 10.1. The molecular weight excluding hydrogens is 314 g/mol. The highest BCUT2D eigenvalue weighted by atomic mass is 16.3. The van der Waals surface area contributed by atoms with E-state index in [-0.39, 0.29) is 12.1 Å². The van der Waals surface area contributed by atoms with Gasteiger partial charge in [0, 0.05) is 25.0 Å². The standard InChI is InChI=1S/C20H25N3O2/c24-20(22-14-15-12-16-6-4-7-17(16)21-13-15)23-10-3-1-2-8-18(23)19-9-5-11-25-19/h5,9,11-13,18H,1-4,6-8,10,14H2,(H,22,24). The summed E-state index contributed by atoms with van der Waals surface area (Å²) in [6.45, 7) is 1.31. The molecule has 25 heavy (non-hydrogen) atoms. The van der Waals surface area contributed by atoms with Crippen molar-refractivity contribution in [1.29, 1.82) is 0 Å². The number of pyridine rings is 1. The maximum Gasteiger partial charge on any atom is 0.318 e. The zero-order chi connectivity index (χ0) is 17.1. The van der Waals surface area contributed by atoms with Crippen molar-refractivity contribution in [2.45, 2.75) is 57.5 Å².